The summed E-state index contributed by atoms with van der Waals surface area (Å²) in [5.74, 6) is -0.648. The molecule has 0 fully saturated rings. The molecule has 0 aliphatic heterocycles. The van der Waals surface area contributed by atoms with E-state index in [4.69, 9.17) is 0 Å². The number of para-hydroxylation sites is 1. The second-order valence-corrected chi connectivity index (χ2v) is 4.02. The molecule has 96 valence electrons. The molecule has 1 N–H and O–H groups in total. The number of hydrogen-bond acceptors (Lipinski definition) is 1. The maximum Gasteiger partial charge on any atom is 0.406 e. The van der Waals surface area contributed by atoms with E-state index in [1.807, 2.05) is 0 Å². The fourth-order valence-corrected chi connectivity index (χ4v) is 1.79. The maximum atomic E-state index is 12.2. The number of rotatable bonds is 2. The Hall–Kier alpha value is -1.98. The van der Waals surface area contributed by atoms with Crippen molar-refractivity contribution in [2.75, 3.05) is 13.6 Å². The average Bonchev–Trinajstić information content (AvgIpc) is 2.69. The maximum absolute atomic E-state index is 12.2. The van der Waals surface area contributed by atoms with Gasteiger partial charge in [0.2, 0.25) is 0 Å². The number of carbonyl (C=O) groups is 1. The third-order valence-electron chi connectivity index (χ3n) is 2.58. The predicted molar refractivity (Wildman–Crippen MR) is 61.3 cm³/mol. The predicted octanol–water partition coefficient (Wildman–Crippen LogP) is 2.80. The molecule has 3 nitrogen and oxygen atoms in total. The molecule has 1 amide bonds. The third-order valence-corrected chi connectivity index (χ3v) is 2.58. The second kappa shape index (κ2) is 4.36. The first-order chi connectivity index (χ1) is 8.38. The molecule has 0 bridgehead atoms. The van der Waals surface area contributed by atoms with Crippen molar-refractivity contribution in [3.05, 3.63) is 36.0 Å². The molecule has 0 spiro atoms. The van der Waals surface area contributed by atoms with Crippen LogP contribution in [0, 0.1) is 0 Å². The van der Waals surface area contributed by atoms with Gasteiger partial charge in [0.05, 0.1) is 5.56 Å². The normalized spacial score (nSPS) is 11.8. The van der Waals surface area contributed by atoms with Gasteiger partial charge in [0.1, 0.15) is 6.54 Å². The number of carbonyl (C=O) groups excluding carboxylic acids is 1. The van der Waals surface area contributed by atoms with Gasteiger partial charge >= 0.3 is 6.18 Å². The van der Waals surface area contributed by atoms with Crippen LogP contribution in [-0.4, -0.2) is 35.6 Å². The highest BCUT2D eigenvalue weighted by atomic mass is 19.4. The van der Waals surface area contributed by atoms with Gasteiger partial charge in [0.25, 0.3) is 5.91 Å². The Bertz CT molecular complexity index is 574. The number of benzene rings is 1. The molecule has 0 radical (unpaired) electrons. The number of hydrogen-bond donors (Lipinski definition) is 1. The summed E-state index contributed by atoms with van der Waals surface area (Å²) in [5, 5.41) is 0.622. The zero-order valence-corrected chi connectivity index (χ0v) is 9.58. The van der Waals surface area contributed by atoms with E-state index in [0.29, 0.717) is 10.3 Å². The number of halogens is 3. The van der Waals surface area contributed by atoms with Crippen LogP contribution in [0.25, 0.3) is 10.9 Å². The monoisotopic (exact) mass is 256 g/mol. The first kappa shape index (κ1) is 12.5. The van der Waals surface area contributed by atoms with Gasteiger partial charge in [-0.15, -0.1) is 0 Å². The summed E-state index contributed by atoms with van der Waals surface area (Å²) in [4.78, 5) is 15.4. The largest absolute Gasteiger partial charge is 0.406 e. The molecule has 0 aliphatic carbocycles. The van der Waals surface area contributed by atoms with Crippen LogP contribution in [0.2, 0.25) is 0 Å². The van der Waals surface area contributed by atoms with Gasteiger partial charge in [-0.3, -0.25) is 4.79 Å². The fraction of sp³-hybridized carbons (Fsp3) is 0.250. The Morgan fingerprint density at radius 2 is 2.00 bits per heavy atom. The van der Waals surface area contributed by atoms with Gasteiger partial charge in [-0.25, -0.2) is 0 Å². The van der Waals surface area contributed by atoms with Gasteiger partial charge in [-0.2, -0.15) is 13.2 Å². The number of aromatic amines is 1. The Labute approximate surface area is 101 Å². The van der Waals surface area contributed by atoms with Crippen LogP contribution < -0.4 is 0 Å². The molecule has 0 atom stereocenters. The zero-order chi connectivity index (χ0) is 13.3. The SMILES string of the molecule is CN(CC(F)(F)F)C(=O)c1c[nH]c2ccccc12. The third kappa shape index (κ3) is 2.47. The minimum Gasteiger partial charge on any atom is -0.360 e. The molecule has 1 aromatic carbocycles. The highest BCUT2D eigenvalue weighted by Crippen LogP contribution is 2.21. The van der Waals surface area contributed by atoms with Crippen LogP contribution in [0.15, 0.2) is 30.5 Å². The number of aromatic nitrogens is 1. The van der Waals surface area contributed by atoms with Crippen molar-refractivity contribution in [1.29, 1.82) is 0 Å². The quantitative estimate of drug-likeness (QED) is 0.881. The number of alkyl halides is 3. The summed E-state index contributed by atoms with van der Waals surface area (Å²) in [6.45, 7) is -1.26. The van der Waals surface area contributed by atoms with Crippen molar-refractivity contribution in [2.45, 2.75) is 6.18 Å². The highest BCUT2D eigenvalue weighted by molar-refractivity contribution is 6.06. The van der Waals surface area contributed by atoms with Gasteiger partial charge in [-0.1, -0.05) is 18.2 Å². The number of H-pyrrole nitrogens is 1. The molecule has 6 heteroatoms. The second-order valence-electron chi connectivity index (χ2n) is 4.02. The van der Waals surface area contributed by atoms with E-state index in [1.54, 1.807) is 24.3 Å². The summed E-state index contributed by atoms with van der Waals surface area (Å²) < 4.78 is 36.7. The molecular formula is C12H11F3N2O. The van der Waals surface area contributed by atoms with Crippen molar-refractivity contribution in [2.24, 2.45) is 0 Å². The van der Waals surface area contributed by atoms with E-state index in [-0.39, 0.29) is 5.56 Å². The minimum atomic E-state index is -4.39. The van der Waals surface area contributed by atoms with Crippen LogP contribution >= 0.6 is 0 Å². The number of nitrogens with one attached hydrogen (secondary N) is 1. The van der Waals surface area contributed by atoms with E-state index in [0.717, 1.165) is 12.6 Å². The smallest absolute Gasteiger partial charge is 0.360 e. The lowest BCUT2D eigenvalue weighted by molar-refractivity contribution is -0.138. The van der Waals surface area contributed by atoms with Crippen LogP contribution in [0.1, 0.15) is 10.4 Å². The van der Waals surface area contributed by atoms with E-state index in [9.17, 15) is 18.0 Å². The summed E-state index contributed by atoms with van der Waals surface area (Å²) in [5.41, 5.74) is 0.971. The van der Waals surface area contributed by atoms with Crippen molar-refractivity contribution < 1.29 is 18.0 Å². The van der Waals surface area contributed by atoms with Gasteiger partial charge in [-0.05, 0) is 6.07 Å². The minimum absolute atomic E-state index is 0.248. The number of nitrogens with zero attached hydrogens (tertiary/aromatic N) is 1. The van der Waals surface area contributed by atoms with E-state index < -0.39 is 18.6 Å². The Kier molecular flexibility index (Phi) is 3.02. The zero-order valence-electron chi connectivity index (χ0n) is 9.58. The topological polar surface area (TPSA) is 36.1 Å². The molecule has 0 aliphatic rings. The molecule has 0 saturated heterocycles. The average molecular weight is 256 g/mol. The summed E-state index contributed by atoms with van der Waals surface area (Å²) in [7, 11) is 1.14. The lowest BCUT2D eigenvalue weighted by Crippen LogP contribution is -2.35. The van der Waals surface area contributed by atoms with Crippen molar-refractivity contribution in [3.8, 4) is 0 Å². The van der Waals surface area contributed by atoms with E-state index in [2.05, 4.69) is 4.98 Å². The molecule has 1 heterocycles. The van der Waals surface area contributed by atoms with Crippen LogP contribution in [0.5, 0.6) is 0 Å². The molecular weight excluding hydrogens is 245 g/mol. The lowest BCUT2D eigenvalue weighted by atomic mass is 10.1. The van der Waals surface area contributed by atoms with Crippen LogP contribution in [0.3, 0.4) is 0 Å². The Morgan fingerprint density at radius 1 is 1.33 bits per heavy atom. The van der Waals surface area contributed by atoms with E-state index >= 15 is 0 Å². The van der Waals surface area contributed by atoms with Gasteiger partial charge in [0, 0.05) is 24.1 Å². The first-order valence-corrected chi connectivity index (χ1v) is 5.27. The molecule has 2 aromatic rings. The molecule has 2 rings (SSSR count). The summed E-state index contributed by atoms with van der Waals surface area (Å²) in [6.07, 6.45) is -2.96. The molecule has 0 saturated carbocycles. The Morgan fingerprint density at radius 3 is 2.67 bits per heavy atom. The van der Waals surface area contributed by atoms with Gasteiger partial charge < -0.3 is 9.88 Å². The van der Waals surface area contributed by atoms with Gasteiger partial charge in [0.15, 0.2) is 0 Å². The first-order valence-electron chi connectivity index (χ1n) is 5.27. The lowest BCUT2D eigenvalue weighted by Gasteiger charge is -2.18. The standard InChI is InChI=1S/C12H11F3N2O/c1-17(7-12(13,14)15)11(18)9-6-16-10-5-3-2-4-8(9)10/h2-6,16H,7H2,1H3. The van der Waals surface area contributed by atoms with Crippen molar-refractivity contribution in [1.82, 2.24) is 9.88 Å². The van der Waals surface area contributed by atoms with Crippen molar-refractivity contribution in [3.63, 3.8) is 0 Å². The van der Waals surface area contributed by atoms with Crippen molar-refractivity contribution >= 4 is 16.8 Å². The summed E-state index contributed by atoms with van der Waals surface area (Å²) in [6, 6.07) is 6.97. The molecule has 18 heavy (non-hydrogen) atoms. The van der Waals surface area contributed by atoms with Crippen LogP contribution in [0.4, 0.5) is 13.2 Å². The highest BCUT2D eigenvalue weighted by Gasteiger charge is 2.32. The van der Waals surface area contributed by atoms with E-state index in [1.165, 1.54) is 6.20 Å². The fourth-order valence-electron chi connectivity index (χ4n) is 1.79. The van der Waals surface area contributed by atoms with Crippen LogP contribution in [-0.2, 0) is 0 Å². The summed E-state index contributed by atoms with van der Waals surface area (Å²) >= 11 is 0. The molecule has 1 aromatic heterocycles. The number of amides is 1. The number of fused-ring (bicyclic) bond motifs is 1. The Balaban J connectivity index is 2.29. The molecule has 0 unspecified atom stereocenters.